The fourth-order valence-corrected chi connectivity index (χ4v) is 4.77. The number of hydrogen-bond acceptors (Lipinski definition) is 3. The molecule has 0 amide bonds. The minimum Gasteiger partial charge on any atom is -0.396 e. The molecule has 0 fully saturated rings. The molecule has 0 atom stereocenters. The molecule has 0 saturated carbocycles. The second-order valence-corrected chi connectivity index (χ2v) is 8.92. The molecule has 6 heteroatoms. The summed E-state index contributed by atoms with van der Waals surface area (Å²) in [6.07, 6.45) is 3.59. The highest BCUT2D eigenvalue weighted by atomic mass is 19.1. The average molecular weight is 484 g/mol. The van der Waals surface area contributed by atoms with Gasteiger partial charge in [-0.2, -0.15) is 0 Å². The summed E-state index contributed by atoms with van der Waals surface area (Å²) < 4.78 is 32.5. The molecule has 0 aliphatic rings. The van der Waals surface area contributed by atoms with Crippen LogP contribution >= 0.6 is 0 Å². The van der Waals surface area contributed by atoms with E-state index in [-0.39, 0.29) is 22.3 Å². The number of hydrogen-bond donors (Lipinski definition) is 2. The normalized spacial score (nSPS) is 11.3. The first-order valence-electron chi connectivity index (χ1n) is 12.1. The van der Waals surface area contributed by atoms with E-state index in [0.29, 0.717) is 25.9 Å². The molecule has 0 aliphatic heterocycles. The fraction of sp³-hybridized carbons (Fsp3) is 0.167. The molecule has 0 spiro atoms. The zero-order valence-electron chi connectivity index (χ0n) is 19.8. The lowest BCUT2D eigenvalue weighted by molar-refractivity contribution is 0.588. The molecule has 0 radical (unpaired) electrons. The Bertz CT molecular complexity index is 1590. The Labute approximate surface area is 208 Å². The Morgan fingerprint density at radius 2 is 1.58 bits per heavy atom. The highest BCUT2D eigenvalue weighted by molar-refractivity contribution is 5.94. The van der Waals surface area contributed by atoms with E-state index >= 15 is 8.78 Å². The van der Waals surface area contributed by atoms with Crippen LogP contribution in [0.15, 0.2) is 89.9 Å². The second kappa shape index (κ2) is 10.2. The third kappa shape index (κ3) is 4.54. The molecule has 1 aromatic heterocycles. The van der Waals surface area contributed by atoms with Gasteiger partial charge in [0.25, 0.3) is 0 Å². The predicted octanol–water partition coefficient (Wildman–Crippen LogP) is 6.30. The van der Waals surface area contributed by atoms with Crippen LogP contribution in [-0.2, 0) is 19.4 Å². The Morgan fingerprint density at radius 1 is 0.833 bits per heavy atom. The zero-order valence-corrected chi connectivity index (χ0v) is 19.8. The first kappa shape index (κ1) is 23.5. The first-order chi connectivity index (χ1) is 17.5. The Morgan fingerprint density at radius 3 is 2.42 bits per heavy atom. The second-order valence-electron chi connectivity index (χ2n) is 8.92. The van der Waals surface area contributed by atoms with Crippen LogP contribution in [0.25, 0.3) is 21.7 Å². The van der Waals surface area contributed by atoms with Gasteiger partial charge in [-0.3, -0.25) is 4.79 Å². The lowest BCUT2D eigenvalue weighted by atomic mass is 10.0. The van der Waals surface area contributed by atoms with Crippen molar-refractivity contribution in [1.29, 1.82) is 0 Å². The quantitative estimate of drug-likeness (QED) is 0.201. The average Bonchev–Trinajstić information content (AvgIpc) is 2.91. The van der Waals surface area contributed by atoms with Crippen molar-refractivity contribution in [3.63, 3.8) is 0 Å². The SMILES string of the molecule is Nc1c(F)c(NCCCc2cccc3ccccc23)c(F)c2c1c(=O)ccn2CCc1ccccc1. The van der Waals surface area contributed by atoms with Crippen LogP contribution in [0, 0.1) is 11.6 Å². The van der Waals surface area contributed by atoms with Gasteiger partial charge >= 0.3 is 0 Å². The van der Waals surface area contributed by atoms with Gasteiger partial charge in [0.05, 0.1) is 16.6 Å². The number of halogens is 2. The smallest absolute Gasteiger partial charge is 0.191 e. The fourth-order valence-electron chi connectivity index (χ4n) is 4.77. The van der Waals surface area contributed by atoms with E-state index in [1.165, 1.54) is 17.0 Å². The van der Waals surface area contributed by atoms with E-state index < -0.39 is 17.1 Å². The summed E-state index contributed by atoms with van der Waals surface area (Å²) in [4.78, 5) is 12.5. The molecule has 0 bridgehead atoms. The van der Waals surface area contributed by atoms with Crippen molar-refractivity contribution in [1.82, 2.24) is 4.57 Å². The summed E-state index contributed by atoms with van der Waals surface area (Å²) in [5.74, 6) is -1.73. The number of aryl methyl sites for hydroxylation is 3. The molecular formula is C30H27F2N3O. The van der Waals surface area contributed by atoms with Gasteiger partial charge in [-0.25, -0.2) is 8.78 Å². The van der Waals surface area contributed by atoms with E-state index in [4.69, 9.17) is 5.73 Å². The van der Waals surface area contributed by atoms with Gasteiger partial charge in [0, 0.05) is 25.4 Å². The Kier molecular flexibility index (Phi) is 6.67. The van der Waals surface area contributed by atoms with E-state index in [9.17, 15) is 4.79 Å². The molecule has 182 valence electrons. The van der Waals surface area contributed by atoms with E-state index in [1.807, 2.05) is 48.5 Å². The molecule has 1 heterocycles. The summed E-state index contributed by atoms with van der Waals surface area (Å²) in [6, 6.07) is 25.4. The van der Waals surface area contributed by atoms with Crippen molar-refractivity contribution in [2.24, 2.45) is 0 Å². The van der Waals surface area contributed by atoms with E-state index in [1.54, 1.807) is 10.8 Å². The molecule has 0 unspecified atom stereocenters. The molecule has 0 aliphatic carbocycles. The number of fused-ring (bicyclic) bond motifs is 2. The lowest BCUT2D eigenvalue weighted by Gasteiger charge is -2.17. The van der Waals surface area contributed by atoms with Crippen LogP contribution in [0.3, 0.4) is 0 Å². The number of nitrogens with one attached hydrogen (secondary N) is 1. The summed E-state index contributed by atoms with van der Waals surface area (Å²) >= 11 is 0. The number of pyridine rings is 1. The minimum atomic E-state index is -0.928. The van der Waals surface area contributed by atoms with Gasteiger partial charge in [0.1, 0.15) is 5.69 Å². The van der Waals surface area contributed by atoms with Crippen LogP contribution in [0.1, 0.15) is 17.5 Å². The maximum Gasteiger partial charge on any atom is 0.191 e. The van der Waals surface area contributed by atoms with Gasteiger partial charge in [0.2, 0.25) is 0 Å². The number of nitrogens with zero attached hydrogens (tertiary/aromatic N) is 1. The maximum atomic E-state index is 15.7. The molecule has 4 nitrogen and oxygen atoms in total. The molecule has 0 saturated heterocycles. The molecule has 3 N–H and O–H groups in total. The minimum absolute atomic E-state index is 0.0221. The van der Waals surface area contributed by atoms with Gasteiger partial charge in [-0.15, -0.1) is 0 Å². The summed E-state index contributed by atoms with van der Waals surface area (Å²) in [6.45, 7) is 0.770. The molecule has 4 aromatic carbocycles. The van der Waals surface area contributed by atoms with Gasteiger partial charge in [-0.05, 0) is 41.2 Å². The van der Waals surface area contributed by atoms with Crippen molar-refractivity contribution in [2.45, 2.75) is 25.8 Å². The topological polar surface area (TPSA) is 60.0 Å². The summed E-state index contributed by atoms with van der Waals surface area (Å²) in [5.41, 5.74) is 7.18. The largest absolute Gasteiger partial charge is 0.396 e. The predicted molar refractivity (Wildman–Crippen MR) is 143 cm³/mol. The monoisotopic (exact) mass is 483 g/mol. The van der Waals surface area contributed by atoms with E-state index in [2.05, 4.69) is 29.6 Å². The molecule has 5 aromatic rings. The summed E-state index contributed by atoms with van der Waals surface area (Å²) in [7, 11) is 0. The number of aromatic nitrogens is 1. The number of nitrogens with two attached hydrogens (primary N) is 1. The number of rotatable bonds is 8. The standard InChI is InChI=1S/C30H27F2N3O/c31-26-28(33)25-24(36)16-19-35(18-15-20-8-2-1-3-9-20)30(25)27(32)29(26)34-17-7-13-22-12-6-11-21-10-4-5-14-23(21)22/h1-6,8-12,14,16,19,34H,7,13,15,17-18,33H2. The lowest BCUT2D eigenvalue weighted by Crippen LogP contribution is -2.16. The third-order valence-electron chi connectivity index (χ3n) is 6.62. The van der Waals surface area contributed by atoms with Crippen LogP contribution in [0.2, 0.25) is 0 Å². The van der Waals surface area contributed by atoms with Crippen LogP contribution in [-0.4, -0.2) is 11.1 Å². The molecule has 36 heavy (non-hydrogen) atoms. The van der Waals surface area contributed by atoms with Crippen LogP contribution < -0.4 is 16.5 Å². The Balaban J connectivity index is 1.40. The highest BCUT2D eigenvalue weighted by Gasteiger charge is 2.22. The first-order valence-corrected chi connectivity index (χ1v) is 12.1. The Hall–Kier alpha value is -4.19. The van der Waals surface area contributed by atoms with Gasteiger partial charge in [-0.1, -0.05) is 72.8 Å². The van der Waals surface area contributed by atoms with Crippen molar-refractivity contribution >= 4 is 33.1 Å². The number of nitrogen functional groups attached to an aromatic ring is 1. The van der Waals surface area contributed by atoms with Crippen molar-refractivity contribution in [3.8, 4) is 0 Å². The van der Waals surface area contributed by atoms with E-state index in [0.717, 1.165) is 17.4 Å². The zero-order chi connectivity index (χ0) is 25.1. The van der Waals surface area contributed by atoms with Crippen molar-refractivity contribution < 1.29 is 8.78 Å². The highest BCUT2D eigenvalue weighted by Crippen LogP contribution is 2.32. The van der Waals surface area contributed by atoms with Gasteiger partial charge < -0.3 is 15.6 Å². The van der Waals surface area contributed by atoms with Crippen LogP contribution in [0.4, 0.5) is 20.2 Å². The maximum absolute atomic E-state index is 15.7. The summed E-state index contributed by atoms with van der Waals surface area (Å²) in [5, 5.41) is 5.12. The van der Waals surface area contributed by atoms with Crippen LogP contribution in [0.5, 0.6) is 0 Å². The molecular weight excluding hydrogens is 456 g/mol. The molecule has 5 rings (SSSR count). The van der Waals surface area contributed by atoms with Crippen molar-refractivity contribution in [3.05, 3.63) is 118 Å². The van der Waals surface area contributed by atoms with Gasteiger partial charge in [0.15, 0.2) is 17.1 Å². The van der Waals surface area contributed by atoms with Crippen molar-refractivity contribution in [2.75, 3.05) is 17.6 Å². The number of anilines is 2. The third-order valence-corrected chi connectivity index (χ3v) is 6.62. The number of benzene rings is 4.